The van der Waals surface area contributed by atoms with E-state index >= 15 is 0 Å². The number of fused-ring (bicyclic) bond motifs is 1. The SMILES string of the molecule is CCN(CC)CCCCOC(=O)C(Cc1ccco1)Cc1cccc2ccccc12. The summed E-state index contributed by atoms with van der Waals surface area (Å²) in [5.74, 6) is 0.422. The van der Waals surface area contributed by atoms with E-state index in [4.69, 9.17) is 9.15 Å². The monoisotopic (exact) mass is 407 g/mol. The Labute approximate surface area is 179 Å². The first-order valence-corrected chi connectivity index (χ1v) is 11.1. The van der Waals surface area contributed by atoms with Crippen molar-refractivity contribution in [2.45, 2.75) is 39.5 Å². The Morgan fingerprint density at radius 2 is 1.77 bits per heavy atom. The summed E-state index contributed by atoms with van der Waals surface area (Å²) in [7, 11) is 0. The summed E-state index contributed by atoms with van der Waals surface area (Å²) >= 11 is 0. The molecule has 4 heteroatoms. The second kappa shape index (κ2) is 11.6. The van der Waals surface area contributed by atoms with Crippen molar-refractivity contribution in [3.8, 4) is 0 Å². The van der Waals surface area contributed by atoms with Gasteiger partial charge < -0.3 is 14.1 Å². The molecule has 0 saturated heterocycles. The van der Waals surface area contributed by atoms with Gasteiger partial charge in [0.05, 0.1) is 18.8 Å². The fourth-order valence-corrected chi connectivity index (χ4v) is 3.91. The zero-order chi connectivity index (χ0) is 21.2. The Balaban J connectivity index is 1.63. The maximum Gasteiger partial charge on any atom is 0.309 e. The number of hydrogen-bond acceptors (Lipinski definition) is 4. The van der Waals surface area contributed by atoms with Crippen molar-refractivity contribution >= 4 is 16.7 Å². The van der Waals surface area contributed by atoms with E-state index in [1.807, 2.05) is 24.3 Å². The van der Waals surface area contributed by atoms with Crippen LogP contribution < -0.4 is 0 Å². The van der Waals surface area contributed by atoms with Gasteiger partial charge in [-0.05, 0) is 67.4 Å². The fourth-order valence-electron chi connectivity index (χ4n) is 3.91. The standard InChI is InChI=1S/C26H33NO3/c1-3-27(4-2)16-7-8-17-30-26(28)23(20-24-14-10-18-29-24)19-22-13-9-12-21-11-5-6-15-25(21)22/h5-6,9-15,18,23H,3-4,7-8,16-17,19-20H2,1-2H3. The van der Waals surface area contributed by atoms with Gasteiger partial charge in [-0.2, -0.15) is 0 Å². The summed E-state index contributed by atoms with van der Waals surface area (Å²) in [5.41, 5.74) is 1.17. The number of carbonyl (C=O) groups is 1. The van der Waals surface area contributed by atoms with Crippen molar-refractivity contribution in [2.75, 3.05) is 26.2 Å². The van der Waals surface area contributed by atoms with Crippen molar-refractivity contribution in [1.82, 2.24) is 4.90 Å². The molecule has 0 amide bonds. The first-order chi connectivity index (χ1) is 14.7. The molecule has 0 saturated carbocycles. The Hall–Kier alpha value is -2.59. The molecule has 2 aromatic carbocycles. The van der Waals surface area contributed by atoms with Crippen molar-refractivity contribution in [1.29, 1.82) is 0 Å². The number of rotatable bonds is 12. The lowest BCUT2D eigenvalue weighted by atomic mass is 9.92. The second-order valence-corrected chi connectivity index (χ2v) is 7.72. The summed E-state index contributed by atoms with van der Waals surface area (Å²) < 4.78 is 11.2. The van der Waals surface area contributed by atoms with Gasteiger partial charge in [-0.3, -0.25) is 4.79 Å². The zero-order valence-corrected chi connectivity index (χ0v) is 18.2. The van der Waals surface area contributed by atoms with Crippen molar-refractivity contribution in [3.05, 3.63) is 72.2 Å². The third kappa shape index (κ3) is 6.20. The Morgan fingerprint density at radius 3 is 2.53 bits per heavy atom. The molecule has 3 aromatic rings. The molecule has 0 fully saturated rings. The van der Waals surface area contributed by atoms with Gasteiger partial charge in [0.25, 0.3) is 0 Å². The molecular weight excluding hydrogens is 374 g/mol. The van der Waals surface area contributed by atoms with E-state index in [-0.39, 0.29) is 11.9 Å². The van der Waals surface area contributed by atoms with E-state index in [0.29, 0.717) is 19.4 Å². The largest absolute Gasteiger partial charge is 0.469 e. The highest BCUT2D eigenvalue weighted by molar-refractivity contribution is 5.86. The molecule has 1 unspecified atom stereocenters. The number of carbonyl (C=O) groups excluding carboxylic acids is 1. The average molecular weight is 408 g/mol. The number of hydrogen-bond donors (Lipinski definition) is 0. The number of furan rings is 1. The first kappa shape index (κ1) is 22.1. The molecule has 3 rings (SSSR count). The number of nitrogens with zero attached hydrogens (tertiary/aromatic N) is 1. The zero-order valence-electron chi connectivity index (χ0n) is 18.2. The fraction of sp³-hybridized carbons (Fsp3) is 0.423. The Kier molecular flexibility index (Phi) is 8.52. The summed E-state index contributed by atoms with van der Waals surface area (Å²) in [6, 6.07) is 18.4. The summed E-state index contributed by atoms with van der Waals surface area (Å²) in [6.45, 7) is 8.01. The van der Waals surface area contributed by atoms with Crippen LogP contribution in [0.15, 0.2) is 65.3 Å². The van der Waals surface area contributed by atoms with Gasteiger partial charge >= 0.3 is 5.97 Å². The van der Waals surface area contributed by atoms with Crippen LogP contribution in [0.2, 0.25) is 0 Å². The number of ether oxygens (including phenoxy) is 1. The van der Waals surface area contributed by atoms with Crippen LogP contribution >= 0.6 is 0 Å². The van der Waals surface area contributed by atoms with E-state index in [1.165, 1.54) is 16.3 Å². The van der Waals surface area contributed by atoms with Crippen LogP contribution in [-0.4, -0.2) is 37.1 Å². The molecule has 0 aliphatic heterocycles. The smallest absolute Gasteiger partial charge is 0.309 e. The van der Waals surface area contributed by atoms with Crippen molar-refractivity contribution in [3.63, 3.8) is 0 Å². The van der Waals surface area contributed by atoms with Crippen LogP contribution in [0.5, 0.6) is 0 Å². The minimum Gasteiger partial charge on any atom is -0.469 e. The molecule has 0 bridgehead atoms. The number of benzene rings is 2. The predicted molar refractivity (Wildman–Crippen MR) is 122 cm³/mol. The van der Waals surface area contributed by atoms with Gasteiger partial charge in [0.15, 0.2) is 0 Å². The summed E-state index contributed by atoms with van der Waals surface area (Å²) in [5, 5.41) is 2.38. The molecule has 0 radical (unpaired) electrons. The second-order valence-electron chi connectivity index (χ2n) is 7.72. The molecule has 0 aliphatic carbocycles. The minimum atomic E-state index is -0.260. The molecule has 4 nitrogen and oxygen atoms in total. The van der Waals surface area contributed by atoms with Crippen LogP contribution in [0.1, 0.15) is 38.0 Å². The van der Waals surface area contributed by atoms with Crippen LogP contribution in [0.4, 0.5) is 0 Å². The van der Waals surface area contributed by atoms with Crippen LogP contribution in [0.25, 0.3) is 10.8 Å². The summed E-state index contributed by atoms with van der Waals surface area (Å²) in [6.07, 6.45) is 4.78. The highest BCUT2D eigenvalue weighted by Gasteiger charge is 2.23. The van der Waals surface area contributed by atoms with Crippen molar-refractivity contribution < 1.29 is 13.9 Å². The highest BCUT2D eigenvalue weighted by Crippen LogP contribution is 2.24. The Morgan fingerprint density at radius 1 is 0.967 bits per heavy atom. The molecule has 160 valence electrons. The first-order valence-electron chi connectivity index (χ1n) is 11.1. The molecule has 1 aromatic heterocycles. The van der Waals surface area contributed by atoms with Gasteiger partial charge in [-0.25, -0.2) is 0 Å². The van der Waals surface area contributed by atoms with E-state index in [2.05, 4.69) is 49.1 Å². The molecular formula is C26H33NO3. The molecule has 1 atom stereocenters. The average Bonchev–Trinajstić information content (AvgIpc) is 3.29. The minimum absolute atomic E-state index is 0.137. The Bertz CT molecular complexity index is 894. The van der Waals surface area contributed by atoms with E-state index in [1.54, 1.807) is 6.26 Å². The lowest BCUT2D eigenvalue weighted by Gasteiger charge is -2.18. The maximum absolute atomic E-state index is 12.9. The van der Waals surface area contributed by atoms with E-state index in [9.17, 15) is 4.79 Å². The number of unbranched alkanes of at least 4 members (excludes halogenated alkanes) is 1. The van der Waals surface area contributed by atoms with Gasteiger partial charge in [-0.1, -0.05) is 56.3 Å². The third-order valence-corrected chi connectivity index (χ3v) is 5.71. The third-order valence-electron chi connectivity index (χ3n) is 5.71. The predicted octanol–water partition coefficient (Wildman–Crippen LogP) is 5.50. The van der Waals surface area contributed by atoms with Crippen LogP contribution in [-0.2, 0) is 22.4 Å². The molecule has 0 spiro atoms. The highest BCUT2D eigenvalue weighted by atomic mass is 16.5. The van der Waals surface area contributed by atoms with E-state index in [0.717, 1.165) is 38.2 Å². The van der Waals surface area contributed by atoms with Crippen LogP contribution in [0, 0.1) is 5.92 Å². The topological polar surface area (TPSA) is 42.7 Å². The van der Waals surface area contributed by atoms with Crippen molar-refractivity contribution in [2.24, 2.45) is 5.92 Å². The summed E-state index contributed by atoms with van der Waals surface area (Å²) in [4.78, 5) is 15.3. The molecule has 30 heavy (non-hydrogen) atoms. The number of esters is 1. The lowest BCUT2D eigenvalue weighted by molar-refractivity contribution is -0.148. The van der Waals surface area contributed by atoms with Gasteiger partial charge in [0, 0.05) is 6.42 Å². The van der Waals surface area contributed by atoms with Crippen LogP contribution in [0.3, 0.4) is 0 Å². The van der Waals surface area contributed by atoms with E-state index < -0.39 is 0 Å². The van der Waals surface area contributed by atoms with Gasteiger partial charge in [-0.15, -0.1) is 0 Å². The van der Waals surface area contributed by atoms with Gasteiger partial charge in [0.2, 0.25) is 0 Å². The normalized spacial score (nSPS) is 12.4. The molecule has 0 aliphatic rings. The maximum atomic E-state index is 12.9. The molecule has 0 N–H and O–H groups in total. The lowest BCUT2D eigenvalue weighted by Crippen LogP contribution is -2.25. The molecule has 1 heterocycles. The quantitative estimate of drug-likeness (QED) is 0.294. The van der Waals surface area contributed by atoms with Gasteiger partial charge in [0.1, 0.15) is 5.76 Å².